The molecule has 2 atom stereocenters. The zero-order valence-corrected chi connectivity index (χ0v) is 22.0. The molecular weight excluding hydrogens is 510 g/mol. The van der Waals surface area contributed by atoms with Crippen molar-refractivity contribution in [2.24, 2.45) is 5.92 Å². The Labute approximate surface area is 224 Å². The van der Waals surface area contributed by atoms with Crippen LogP contribution in [0, 0.1) is 17.6 Å². The molecule has 0 aliphatic carbocycles. The van der Waals surface area contributed by atoms with Gasteiger partial charge in [-0.15, -0.1) is 0 Å². The number of rotatable bonds is 6. The van der Waals surface area contributed by atoms with E-state index in [1.54, 1.807) is 6.92 Å². The van der Waals surface area contributed by atoms with Crippen LogP contribution in [0.1, 0.15) is 33.0 Å². The number of piperazine rings is 1. The molecule has 4 heterocycles. The highest BCUT2D eigenvalue weighted by molar-refractivity contribution is 5.93. The van der Waals surface area contributed by atoms with E-state index in [4.69, 9.17) is 4.74 Å². The van der Waals surface area contributed by atoms with Crippen LogP contribution in [0.5, 0.6) is 11.6 Å². The second-order valence-corrected chi connectivity index (χ2v) is 10.4. The number of amides is 2. The van der Waals surface area contributed by atoms with E-state index in [0.29, 0.717) is 32.2 Å². The second-order valence-electron chi connectivity index (χ2n) is 10.4. The molecule has 1 fully saturated rings. The van der Waals surface area contributed by atoms with Gasteiger partial charge >= 0.3 is 0 Å². The van der Waals surface area contributed by atoms with Gasteiger partial charge in [-0.3, -0.25) is 14.5 Å². The van der Waals surface area contributed by atoms with Gasteiger partial charge in [-0.05, 0) is 39.3 Å². The number of hydrogen-bond acceptors (Lipinski definition) is 8. The lowest BCUT2D eigenvalue weighted by Crippen LogP contribution is -2.64. The number of carbonyl (C=O) groups excluding carboxylic acids is 2. The Morgan fingerprint density at radius 1 is 1.15 bits per heavy atom. The normalized spacial score (nSPS) is 19.7. The molecule has 39 heavy (non-hydrogen) atoms. The summed E-state index contributed by atoms with van der Waals surface area (Å²) in [7, 11) is 0. The molecule has 206 valence electrons. The maximum Gasteiger partial charge on any atom is 0.242 e. The van der Waals surface area contributed by atoms with Crippen LogP contribution in [0.25, 0.3) is 0 Å². The van der Waals surface area contributed by atoms with E-state index in [0.717, 1.165) is 30.8 Å². The summed E-state index contributed by atoms with van der Waals surface area (Å²) in [4.78, 5) is 42.8. The molecule has 0 radical (unpaired) electrons. The topological polar surface area (TPSA) is 118 Å². The van der Waals surface area contributed by atoms with Crippen molar-refractivity contribution < 1.29 is 23.1 Å². The average Bonchev–Trinajstić information content (AvgIpc) is 3.38. The first-order valence-electron chi connectivity index (χ1n) is 12.8. The van der Waals surface area contributed by atoms with Crippen LogP contribution >= 0.6 is 0 Å². The number of halogens is 2. The smallest absolute Gasteiger partial charge is 0.242 e. The Bertz CT molecular complexity index is 1360. The standard InChI is InChI=1S/C26H30F2N8O3/c1-16(24(37)33-21-11-30-23(12-29-21)39-20-6-5-18(27)10-19(20)28)34-8-9-35(26(2,3)14-34)25(38)17-4-7-22-31-15-32-36(22)13-17/h5-6,10-12,15-17H,4,7-9,13-14H2,1-3H3,(H,29,33,37)/t16-,17+/m0/s1. The molecule has 0 spiro atoms. The molecule has 1 saturated heterocycles. The van der Waals surface area contributed by atoms with E-state index in [1.165, 1.54) is 18.7 Å². The molecule has 0 bridgehead atoms. The van der Waals surface area contributed by atoms with Crippen molar-refractivity contribution in [2.75, 3.05) is 25.0 Å². The summed E-state index contributed by atoms with van der Waals surface area (Å²) >= 11 is 0. The highest BCUT2D eigenvalue weighted by Crippen LogP contribution is 2.28. The Morgan fingerprint density at radius 2 is 1.97 bits per heavy atom. The summed E-state index contributed by atoms with van der Waals surface area (Å²) in [5.41, 5.74) is -0.471. The van der Waals surface area contributed by atoms with E-state index in [1.807, 2.05) is 28.3 Å². The molecule has 2 aliphatic rings. The maximum absolute atomic E-state index is 13.8. The van der Waals surface area contributed by atoms with Crippen LogP contribution < -0.4 is 10.1 Å². The molecule has 1 aromatic carbocycles. The van der Waals surface area contributed by atoms with Gasteiger partial charge in [0, 0.05) is 32.1 Å². The monoisotopic (exact) mass is 540 g/mol. The summed E-state index contributed by atoms with van der Waals surface area (Å²) in [5.74, 6) is -0.972. The first kappa shape index (κ1) is 26.6. The van der Waals surface area contributed by atoms with Crippen LogP contribution in [0.2, 0.25) is 0 Å². The molecular formula is C26H30F2N8O3. The number of aromatic nitrogens is 5. The molecule has 11 nitrogen and oxygen atoms in total. The fourth-order valence-electron chi connectivity index (χ4n) is 5.09. The number of fused-ring (bicyclic) bond motifs is 1. The molecule has 2 aliphatic heterocycles. The van der Waals surface area contributed by atoms with E-state index in [-0.39, 0.29) is 35.2 Å². The van der Waals surface area contributed by atoms with Crippen molar-refractivity contribution in [1.29, 1.82) is 0 Å². The van der Waals surface area contributed by atoms with Gasteiger partial charge in [0.15, 0.2) is 17.4 Å². The van der Waals surface area contributed by atoms with Crippen molar-refractivity contribution >= 4 is 17.6 Å². The summed E-state index contributed by atoms with van der Waals surface area (Å²) in [6.07, 6.45) is 5.54. The quantitative estimate of drug-likeness (QED) is 0.507. The second kappa shape index (κ2) is 10.6. The Balaban J connectivity index is 1.16. The average molecular weight is 541 g/mol. The van der Waals surface area contributed by atoms with Gasteiger partial charge < -0.3 is 15.0 Å². The third-order valence-electron chi connectivity index (χ3n) is 7.27. The predicted octanol–water partition coefficient (Wildman–Crippen LogP) is 2.65. The lowest BCUT2D eigenvalue weighted by atomic mass is 9.92. The number of hydrogen-bond donors (Lipinski definition) is 1. The van der Waals surface area contributed by atoms with Crippen molar-refractivity contribution in [1.82, 2.24) is 34.5 Å². The van der Waals surface area contributed by atoms with E-state index in [2.05, 4.69) is 25.4 Å². The Hall–Kier alpha value is -4.00. The van der Waals surface area contributed by atoms with Crippen molar-refractivity contribution in [3.05, 3.63) is 54.4 Å². The van der Waals surface area contributed by atoms with Crippen LogP contribution in [-0.4, -0.2) is 77.6 Å². The third-order valence-corrected chi connectivity index (χ3v) is 7.27. The largest absolute Gasteiger partial charge is 0.434 e. The maximum atomic E-state index is 13.8. The SMILES string of the molecule is C[C@@H](C(=O)Nc1cnc(Oc2ccc(F)cc2F)cn1)N1CCN(C(=O)[C@@H]2CCc3ncnn3C2)C(C)(C)C1. The van der Waals surface area contributed by atoms with Crippen LogP contribution in [0.15, 0.2) is 36.9 Å². The zero-order valence-electron chi connectivity index (χ0n) is 22.0. The number of nitrogens with one attached hydrogen (secondary N) is 1. The van der Waals surface area contributed by atoms with Crippen molar-refractivity contribution in [3.63, 3.8) is 0 Å². The number of anilines is 1. The van der Waals surface area contributed by atoms with Crippen molar-refractivity contribution in [3.8, 4) is 11.6 Å². The highest BCUT2D eigenvalue weighted by atomic mass is 19.1. The molecule has 1 N–H and O–H groups in total. The van der Waals surface area contributed by atoms with Crippen LogP contribution in [0.4, 0.5) is 14.6 Å². The number of carbonyl (C=O) groups is 2. The molecule has 2 aromatic heterocycles. The van der Waals surface area contributed by atoms with Gasteiger partial charge in [0.05, 0.1) is 36.4 Å². The fraction of sp³-hybridized carbons (Fsp3) is 0.462. The molecule has 0 saturated carbocycles. The van der Waals surface area contributed by atoms with Gasteiger partial charge in [0.25, 0.3) is 0 Å². The Kier molecular flexibility index (Phi) is 7.25. The third kappa shape index (κ3) is 5.72. The minimum absolute atomic E-state index is 0.00731. The van der Waals surface area contributed by atoms with Crippen molar-refractivity contribution in [2.45, 2.75) is 51.7 Å². The Morgan fingerprint density at radius 3 is 2.69 bits per heavy atom. The minimum Gasteiger partial charge on any atom is -0.434 e. The number of ether oxygens (including phenoxy) is 1. The van der Waals surface area contributed by atoms with Gasteiger partial charge in [-0.2, -0.15) is 5.10 Å². The highest BCUT2D eigenvalue weighted by Gasteiger charge is 2.42. The summed E-state index contributed by atoms with van der Waals surface area (Å²) in [6, 6.07) is 2.45. The summed E-state index contributed by atoms with van der Waals surface area (Å²) in [6.45, 7) is 7.95. The van der Waals surface area contributed by atoms with Gasteiger partial charge in [0.2, 0.25) is 17.7 Å². The number of benzene rings is 1. The lowest BCUT2D eigenvalue weighted by Gasteiger charge is -2.49. The predicted molar refractivity (Wildman–Crippen MR) is 136 cm³/mol. The van der Waals surface area contributed by atoms with Crippen LogP contribution in [0.3, 0.4) is 0 Å². The number of nitrogens with zero attached hydrogens (tertiary/aromatic N) is 7. The van der Waals surface area contributed by atoms with Gasteiger partial charge in [-0.1, -0.05) is 0 Å². The number of aryl methyl sites for hydroxylation is 1. The summed E-state index contributed by atoms with van der Waals surface area (Å²) in [5, 5.41) is 6.97. The molecule has 3 aromatic rings. The molecule has 0 unspecified atom stereocenters. The minimum atomic E-state index is -0.865. The first-order chi connectivity index (χ1) is 18.6. The molecule has 13 heteroatoms. The lowest BCUT2D eigenvalue weighted by molar-refractivity contribution is -0.147. The molecule has 5 rings (SSSR count). The van der Waals surface area contributed by atoms with Crippen LogP contribution in [-0.2, 0) is 22.6 Å². The molecule has 2 amide bonds. The fourth-order valence-corrected chi connectivity index (χ4v) is 5.09. The summed E-state index contributed by atoms with van der Waals surface area (Å²) < 4.78 is 34.0. The van der Waals surface area contributed by atoms with Gasteiger partial charge in [-0.25, -0.2) is 28.4 Å². The zero-order chi connectivity index (χ0) is 27.7. The van der Waals surface area contributed by atoms with E-state index < -0.39 is 23.2 Å². The van der Waals surface area contributed by atoms with Gasteiger partial charge in [0.1, 0.15) is 18.0 Å². The van der Waals surface area contributed by atoms with E-state index >= 15 is 0 Å². The first-order valence-corrected chi connectivity index (χ1v) is 12.8. The van der Waals surface area contributed by atoms with E-state index in [9.17, 15) is 18.4 Å².